The van der Waals surface area contributed by atoms with E-state index in [2.05, 4.69) is 58.7 Å². The molecule has 1 aromatic heterocycles. The summed E-state index contributed by atoms with van der Waals surface area (Å²) in [5.74, 6) is -0.959. The molecule has 0 aliphatic rings. The first-order chi connectivity index (χ1) is 9.77. The van der Waals surface area contributed by atoms with Crippen LogP contribution in [0.4, 0.5) is 0 Å². The number of hydrogen-bond donors (Lipinski definition) is 2. The van der Waals surface area contributed by atoms with Crippen molar-refractivity contribution in [3.05, 3.63) is 78.6 Å². The first-order valence-electron chi connectivity index (χ1n) is 6.10. The second-order valence-corrected chi connectivity index (χ2v) is 4.02. The average molecular weight is 266 g/mol. The lowest BCUT2D eigenvalue weighted by molar-refractivity contribution is 0.0697. The Labute approximate surface area is 116 Å². The van der Waals surface area contributed by atoms with E-state index in [1.54, 1.807) is 0 Å². The topological polar surface area (TPSA) is 66.0 Å². The molecule has 0 amide bonds. The van der Waals surface area contributed by atoms with Gasteiger partial charge in [-0.15, -0.1) is 0 Å². The maximum absolute atomic E-state index is 10.0. The number of H-pyrrole nitrogens is 1. The van der Waals surface area contributed by atoms with Gasteiger partial charge in [0.15, 0.2) is 0 Å². The van der Waals surface area contributed by atoms with Crippen molar-refractivity contribution in [2.45, 2.75) is 0 Å². The molecule has 3 rings (SSSR count). The fraction of sp³-hybridized carbons (Fsp3) is 0. The fourth-order valence-electron chi connectivity index (χ4n) is 1.63. The van der Waals surface area contributed by atoms with Crippen LogP contribution in [0.2, 0.25) is 0 Å². The zero-order chi connectivity index (χ0) is 14.2. The summed E-state index contributed by atoms with van der Waals surface area (Å²) in [7, 11) is 0. The monoisotopic (exact) mass is 266 g/mol. The van der Waals surface area contributed by atoms with Crippen LogP contribution in [0.5, 0.6) is 0 Å². The molecule has 100 valence electrons. The first-order valence-corrected chi connectivity index (χ1v) is 6.10. The van der Waals surface area contributed by atoms with E-state index in [1.807, 2.05) is 12.1 Å². The lowest BCUT2D eigenvalue weighted by Crippen LogP contribution is -1.91. The number of nitrogens with zero attached hydrogens (tertiary/aromatic N) is 1. The zero-order valence-corrected chi connectivity index (χ0v) is 10.7. The number of nitrogens with one attached hydrogen (secondary N) is 1. The number of carboxylic acids is 1. The molecule has 0 bridgehead atoms. The molecular weight excluding hydrogens is 252 g/mol. The van der Waals surface area contributed by atoms with Gasteiger partial charge in [-0.3, -0.25) is 5.10 Å². The Morgan fingerprint density at radius 3 is 1.70 bits per heavy atom. The van der Waals surface area contributed by atoms with Gasteiger partial charge in [0.2, 0.25) is 0 Å². The number of aromatic carboxylic acids is 1. The van der Waals surface area contributed by atoms with Gasteiger partial charge in [0.05, 0.1) is 11.8 Å². The summed E-state index contributed by atoms with van der Waals surface area (Å²) in [5.41, 5.74) is 2.74. The number of rotatable bonds is 2. The van der Waals surface area contributed by atoms with Crippen molar-refractivity contribution in [2.75, 3.05) is 0 Å². The van der Waals surface area contributed by atoms with Crippen LogP contribution in [0, 0.1) is 0 Å². The van der Waals surface area contributed by atoms with E-state index >= 15 is 0 Å². The van der Waals surface area contributed by atoms with Gasteiger partial charge in [0.1, 0.15) is 0 Å². The van der Waals surface area contributed by atoms with Gasteiger partial charge in [-0.25, -0.2) is 4.79 Å². The standard InChI is InChI=1S/C12H10.C4H4N2O2/c1-3-7-11(8-4-1)12-9-5-2-6-10-12;7-4(8)3-1-5-6-2-3/h1-10H;1-2H,(H,5,6)(H,7,8). The summed E-state index contributed by atoms with van der Waals surface area (Å²) in [6.07, 6.45) is 2.57. The van der Waals surface area contributed by atoms with Gasteiger partial charge in [-0.2, -0.15) is 5.10 Å². The van der Waals surface area contributed by atoms with E-state index in [-0.39, 0.29) is 5.56 Å². The maximum Gasteiger partial charge on any atom is 0.338 e. The van der Waals surface area contributed by atoms with E-state index in [0.717, 1.165) is 0 Å². The average Bonchev–Trinajstić information content (AvgIpc) is 3.04. The van der Waals surface area contributed by atoms with Crippen LogP contribution < -0.4 is 0 Å². The fourth-order valence-corrected chi connectivity index (χ4v) is 1.63. The highest BCUT2D eigenvalue weighted by Crippen LogP contribution is 2.17. The lowest BCUT2D eigenvalue weighted by atomic mass is 10.1. The molecule has 0 saturated heterocycles. The Morgan fingerprint density at radius 1 is 0.900 bits per heavy atom. The van der Waals surface area contributed by atoms with Gasteiger partial charge < -0.3 is 5.11 Å². The van der Waals surface area contributed by atoms with Crippen LogP contribution in [0.3, 0.4) is 0 Å². The summed E-state index contributed by atoms with van der Waals surface area (Å²) >= 11 is 0. The third-order valence-electron chi connectivity index (χ3n) is 2.63. The molecular formula is C16H14N2O2. The summed E-state index contributed by atoms with van der Waals surface area (Å²) in [5, 5.41) is 14.0. The van der Waals surface area contributed by atoms with E-state index in [0.29, 0.717) is 0 Å². The second-order valence-electron chi connectivity index (χ2n) is 4.02. The lowest BCUT2D eigenvalue weighted by Gasteiger charge is -1.98. The minimum Gasteiger partial charge on any atom is -0.478 e. The predicted octanol–water partition coefficient (Wildman–Crippen LogP) is 3.46. The highest BCUT2D eigenvalue weighted by atomic mass is 16.4. The smallest absolute Gasteiger partial charge is 0.338 e. The predicted molar refractivity (Wildman–Crippen MR) is 77.4 cm³/mol. The van der Waals surface area contributed by atoms with Crippen molar-refractivity contribution >= 4 is 5.97 Å². The molecule has 0 saturated carbocycles. The van der Waals surface area contributed by atoms with Gasteiger partial charge >= 0.3 is 5.97 Å². The Hall–Kier alpha value is -2.88. The van der Waals surface area contributed by atoms with Crippen LogP contribution in [0.25, 0.3) is 11.1 Å². The number of hydrogen-bond acceptors (Lipinski definition) is 2. The third kappa shape index (κ3) is 3.81. The summed E-state index contributed by atoms with van der Waals surface area (Å²) < 4.78 is 0. The molecule has 2 aromatic carbocycles. The highest BCUT2D eigenvalue weighted by Gasteiger charge is 1.99. The molecule has 0 aliphatic heterocycles. The van der Waals surface area contributed by atoms with Gasteiger partial charge in [0, 0.05) is 6.20 Å². The Morgan fingerprint density at radius 2 is 1.40 bits per heavy atom. The van der Waals surface area contributed by atoms with Crippen LogP contribution in [-0.2, 0) is 0 Å². The molecule has 0 unspecified atom stereocenters. The SMILES string of the molecule is O=C(O)c1cn[nH]c1.c1ccc(-c2ccccc2)cc1. The molecule has 4 heteroatoms. The Kier molecular flexibility index (Phi) is 4.67. The summed E-state index contributed by atoms with van der Waals surface area (Å²) in [6, 6.07) is 20.8. The van der Waals surface area contributed by atoms with Crippen molar-refractivity contribution in [1.29, 1.82) is 0 Å². The third-order valence-corrected chi connectivity index (χ3v) is 2.63. The van der Waals surface area contributed by atoms with Crippen LogP contribution >= 0.6 is 0 Å². The molecule has 0 aliphatic carbocycles. The molecule has 0 radical (unpaired) electrons. The molecule has 20 heavy (non-hydrogen) atoms. The number of aromatic amines is 1. The quantitative estimate of drug-likeness (QED) is 0.746. The van der Waals surface area contributed by atoms with Crippen molar-refractivity contribution in [3.8, 4) is 11.1 Å². The highest BCUT2D eigenvalue weighted by molar-refractivity contribution is 5.86. The van der Waals surface area contributed by atoms with Crippen LogP contribution in [0.1, 0.15) is 10.4 Å². The van der Waals surface area contributed by atoms with E-state index in [4.69, 9.17) is 5.11 Å². The molecule has 0 fully saturated rings. The van der Waals surface area contributed by atoms with Gasteiger partial charge in [-0.05, 0) is 11.1 Å². The number of aromatic nitrogens is 2. The minimum absolute atomic E-state index is 0.185. The van der Waals surface area contributed by atoms with Crippen molar-refractivity contribution < 1.29 is 9.90 Å². The first kappa shape index (κ1) is 13.5. The Bertz CT molecular complexity index is 597. The van der Waals surface area contributed by atoms with Crippen LogP contribution in [0.15, 0.2) is 73.1 Å². The van der Waals surface area contributed by atoms with E-state index in [1.165, 1.54) is 23.5 Å². The number of carboxylic acid groups (broad SMARTS) is 1. The molecule has 0 spiro atoms. The van der Waals surface area contributed by atoms with E-state index in [9.17, 15) is 4.79 Å². The molecule has 1 heterocycles. The largest absolute Gasteiger partial charge is 0.478 e. The summed E-state index contributed by atoms with van der Waals surface area (Å²) in [4.78, 5) is 10.0. The molecule has 0 atom stereocenters. The number of benzene rings is 2. The van der Waals surface area contributed by atoms with Gasteiger partial charge in [-0.1, -0.05) is 60.7 Å². The molecule has 4 nitrogen and oxygen atoms in total. The van der Waals surface area contributed by atoms with Gasteiger partial charge in [0.25, 0.3) is 0 Å². The second kappa shape index (κ2) is 6.89. The van der Waals surface area contributed by atoms with E-state index < -0.39 is 5.97 Å². The van der Waals surface area contributed by atoms with Crippen molar-refractivity contribution in [1.82, 2.24) is 10.2 Å². The Balaban J connectivity index is 0.000000160. The van der Waals surface area contributed by atoms with Crippen LogP contribution in [-0.4, -0.2) is 21.3 Å². The summed E-state index contributed by atoms with van der Waals surface area (Å²) in [6.45, 7) is 0. The van der Waals surface area contributed by atoms with Crippen molar-refractivity contribution in [3.63, 3.8) is 0 Å². The molecule has 3 aromatic rings. The normalized spacial score (nSPS) is 9.40. The molecule has 2 N–H and O–H groups in total. The zero-order valence-electron chi connectivity index (χ0n) is 10.7. The number of carbonyl (C=O) groups is 1. The van der Waals surface area contributed by atoms with Crippen molar-refractivity contribution in [2.24, 2.45) is 0 Å². The minimum atomic E-state index is -0.959. The maximum atomic E-state index is 10.0.